The zero-order valence-corrected chi connectivity index (χ0v) is 11.8. The zero-order valence-electron chi connectivity index (χ0n) is 11.8. The lowest BCUT2D eigenvalue weighted by atomic mass is 10.1. The van der Waals surface area contributed by atoms with Crippen molar-refractivity contribution < 1.29 is 0 Å². The van der Waals surface area contributed by atoms with Crippen molar-refractivity contribution in [1.82, 2.24) is 4.90 Å². The summed E-state index contributed by atoms with van der Waals surface area (Å²) in [6, 6.07) is 12.3. The lowest BCUT2D eigenvalue weighted by Gasteiger charge is -2.19. The minimum atomic E-state index is 0.838. The van der Waals surface area contributed by atoms with Gasteiger partial charge < -0.3 is 16.0 Å². The lowest BCUT2D eigenvalue weighted by Crippen LogP contribution is -2.28. The first-order valence-corrected chi connectivity index (χ1v) is 6.99. The van der Waals surface area contributed by atoms with Crippen LogP contribution in [0.1, 0.15) is 13.8 Å². The van der Waals surface area contributed by atoms with E-state index < -0.39 is 0 Å². The maximum absolute atomic E-state index is 6.01. The molecule has 3 N–H and O–H groups in total. The highest BCUT2D eigenvalue weighted by Crippen LogP contribution is 2.27. The Morgan fingerprint density at radius 3 is 2.37 bits per heavy atom. The molecule has 0 radical (unpaired) electrons. The molecule has 102 valence electrons. The van der Waals surface area contributed by atoms with Crippen molar-refractivity contribution in [1.29, 1.82) is 0 Å². The average molecular weight is 257 g/mol. The number of nitrogens with zero attached hydrogens (tertiary/aromatic N) is 1. The molecule has 2 aromatic carbocycles. The number of nitrogen functional groups attached to an aromatic ring is 1. The quantitative estimate of drug-likeness (QED) is 0.781. The summed E-state index contributed by atoms with van der Waals surface area (Å²) in [7, 11) is 0. The monoisotopic (exact) mass is 257 g/mol. The fourth-order valence-corrected chi connectivity index (χ4v) is 2.37. The molecule has 0 aliphatic rings. The van der Waals surface area contributed by atoms with Gasteiger partial charge in [0.25, 0.3) is 0 Å². The van der Waals surface area contributed by atoms with Gasteiger partial charge in [-0.15, -0.1) is 0 Å². The Balaban J connectivity index is 2.11. The summed E-state index contributed by atoms with van der Waals surface area (Å²) >= 11 is 0. The molecule has 2 rings (SSSR count). The minimum absolute atomic E-state index is 0.838. The summed E-state index contributed by atoms with van der Waals surface area (Å²) < 4.78 is 0. The molecule has 0 heterocycles. The van der Waals surface area contributed by atoms with Crippen molar-refractivity contribution >= 4 is 22.1 Å². The molecule has 0 saturated carbocycles. The minimum Gasteiger partial charge on any atom is -0.398 e. The second-order valence-corrected chi connectivity index (χ2v) is 4.70. The molecule has 0 fully saturated rings. The molecule has 0 spiro atoms. The zero-order chi connectivity index (χ0) is 13.7. The van der Waals surface area contributed by atoms with Gasteiger partial charge in [0.15, 0.2) is 0 Å². The van der Waals surface area contributed by atoms with Gasteiger partial charge in [-0.3, -0.25) is 0 Å². The fourth-order valence-electron chi connectivity index (χ4n) is 2.37. The predicted molar refractivity (Wildman–Crippen MR) is 84.6 cm³/mol. The van der Waals surface area contributed by atoms with Gasteiger partial charge in [0, 0.05) is 35.2 Å². The molecule has 3 nitrogen and oxygen atoms in total. The maximum Gasteiger partial charge on any atom is 0.0421 e. The number of nitrogens with two attached hydrogens (primary N) is 1. The molecule has 0 aromatic heterocycles. The van der Waals surface area contributed by atoms with Crippen LogP contribution in [0.5, 0.6) is 0 Å². The predicted octanol–water partition coefficient (Wildman–Crippen LogP) is 3.18. The molecule has 19 heavy (non-hydrogen) atoms. The first kappa shape index (κ1) is 13.7. The molecule has 0 aliphatic heterocycles. The van der Waals surface area contributed by atoms with Crippen molar-refractivity contribution in [2.24, 2.45) is 0 Å². The summed E-state index contributed by atoms with van der Waals surface area (Å²) in [5.74, 6) is 0. The fraction of sp³-hybridized carbons (Fsp3) is 0.375. The first-order chi connectivity index (χ1) is 9.26. The van der Waals surface area contributed by atoms with Gasteiger partial charge in [0.1, 0.15) is 0 Å². The lowest BCUT2D eigenvalue weighted by molar-refractivity contribution is 0.316. The molecule has 0 saturated heterocycles. The van der Waals surface area contributed by atoms with Crippen LogP contribution in [0.4, 0.5) is 11.4 Å². The third-order valence-corrected chi connectivity index (χ3v) is 3.60. The summed E-state index contributed by atoms with van der Waals surface area (Å²) in [5.41, 5.74) is 8.01. The van der Waals surface area contributed by atoms with Crippen LogP contribution in [0.2, 0.25) is 0 Å². The van der Waals surface area contributed by atoms with Gasteiger partial charge in [-0.25, -0.2) is 0 Å². The second-order valence-electron chi connectivity index (χ2n) is 4.70. The van der Waals surface area contributed by atoms with E-state index in [1.807, 2.05) is 12.1 Å². The second kappa shape index (κ2) is 6.43. The molecule has 0 aliphatic carbocycles. The number of rotatable bonds is 6. The summed E-state index contributed by atoms with van der Waals surface area (Å²) in [4.78, 5) is 2.41. The standard InChI is InChI=1S/C16H23N3/c1-3-19(4-2)12-11-18-16-10-9-15(17)13-7-5-6-8-14(13)16/h5-10,18H,3-4,11-12,17H2,1-2H3. The van der Waals surface area contributed by atoms with Gasteiger partial charge in [-0.1, -0.05) is 38.1 Å². The van der Waals surface area contributed by atoms with E-state index in [-0.39, 0.29) is 0 Å². The average Bonchev–Trinajstić information content (AvgIpc) is 2.46. The van der Waals surface area contributed by atoms with E-state index in [0.29, 0.717) is 0 Å². The van der Waals surface area contributed by atoms with Gasteiger partial charge in [-0.05, 0) is 25.2 Å². The highest BCUT2D eigenvalue weighted by molar-refractivity contribution is 6.01. The van der Waals surface area contributed by atoms with E-state index in [1.165, 1.54) is 5.39 Å². The van der Waals surface area contributed by atoms with Crippen LogP contribution in [-0.2, 0) is 0 Å². The number of anilines is 2. The van der Waals surface area contributed by atoms with Crippen LogP contribution in [0.25, 0.3) is 10.8 Å². The van der Waals surface area contributed by atoms with E-state index in [9.17, 15) is 0 Å². The van der Waals surface area contributed by atoms with E-state index in [4.69, 9.17) is 5.73 Å². The summed E-state index contributed by atoms with van der Waals surface area (Å²) in [5, 5.41) is 5.83. The van der Waals surface area contributed by atoms with Gasteiger partial charge in [0.05, 0.1) is 0 Å². The van der Waals surface area contributed by atoms with Crippen LogP contribution in [0, 0.1) is 0 Å². The third-order valence-electron chi connectivity index (χ3n) is 3.60. The van der Waals surface area contributed by atoms with Crippen molar-refractivity contribution in [2.75, 3.05) is 37.2 Å². The van der Waals surface area contributed by atoms with Gasteiger partial charge in [0.2, 0.25) is 0 Å². The van der Waals surface area contributed by atoms with Gasteiger partial charge in [-0.2, -0.15) is 0 Å². The molecule has 0 unspecified atom stereocenters. The van der Waals surface area contributed by atoms with E-state index in [1.54, 1.807) is 0 Å². The Labute approximate surface area is 115 Å². The number of hydrogen-bond donors (Lipinski definition) is 2. The molecule has 2 aromatic rings. The maximum atomic E-state index is 6.01. The smallest absolute Gasteiger partial charge is 0.0421 e. The van der Waals surface area contributed by atoms with Crippen LogP contribution in [0.3, 0.4) is 0 Å². The molecule has 0 bridgehead atoms. The Kier molecular flexibility index (Phi) is 4.63. The highest BCUT2D eigenvalue weighted by atomic mass is 15.1. The first-order valence-electron chi connectivity index (χ1n) is 6.99. The highest BCUT2D eigenvalue weighted by Gasteiger charge is 2.04. The summed E-state index contributed by atoms with van der Waals surface area (Å²) in [6.45, 7) is 8.60. The number of fused-ring (bicyclic) bond motifs is 1. The molecule has 0 amide bonds. The Hall–Kier alpha value is -1.74. The van der Waals surface area contributed by atoms with Crippen molar-refractivity contribution in [3.05, 3.63) is 36.4 Å². The number of nitrogens with one attached hydrogen (secondary N) is 1. The Morgan fingerprint density at radius 2 is 1.68 bits per heavy atom. The third kappa shape index (κ3) is 3.18. The Morgan fingerprint density at radius 1 is 1.00 bits per heavy atom. The molecule has 0 atom stereocenters. The molecular weight excluding hydrogens is 234 g/mol. The SMILES string of the molecule is CCN(CC)CCNc1ccc(N)c2ccccc12. The summed E-state index contributed by atoms with van der Waals surface area (Å²) in [6.07, 6.45) is 0. The van der Waals surface area contributed by atoms with Crippen LogP contribution >= 0.6 is 0 Å². The van der Waals surface area contributed by atoms with E-state index in [0.717, 1.165) is 42.9 Å². The number of hydrogen-bond acceptors (Lipinski definition) is 3. The molecule has 3 heteroatoms. The molecular formula is C16H23N3. The van der Waals surface area contributed by atoms with Crippen molar-refractivity contribution in [2.45, 2.75) is 13.8 Å². The van der Waals surface area contributed by atoms with Crippen molar-refractivity contribution in [3.63, 3.8) is 0 Å². The van der Waals surface area contributed by atoms with Crippen LogP contribution in [0.15, 0.2) is 36.4 Å². The van der Waals surface area contributed by atoms with E-state index >= 15 is 0 Å². The van der Waals surface area contributed by atoms with Crippen LogP contribution < -0.4 is 11.1 Å². The van der Waals surface area contributed by atoms with Crippen LogP contribution in [-0.4, -0.2) is 31.1 Å². The van der Waals surface area contributed by atoms with Crippen molar-refractivity contribution in [3.8, 4) is 0 Å². The largest absolute Gasteiger partial charge is 0.398 e. The van der Waals surface area contributed by atoms with E-state index in [2.05, 4.69) is 48.3 Å². The number of likely N-dealkylation sites (N-methyl/N-ethyl adjacent to an activating group) is 1. The topological polar surface area (TPSA) is 41.3 Å². The number of benzene rings is 2. The Bertz CT molecular complexity index is 533. The normalized spacial score (nSPS) is 11.1. The van der Waals surface area contributed by atoms with Gasteiger partial charge >= 0.3 is 0 Å².